The minimum absolute atomic E-state index is 0.00873. The molecule has 1 saturated carbocycles. The lowest BCUT2D eigenvalue weighted by Gasteiger charge is -2.58. The van der Waals surface area contributed by atoms with Crippen molar-refractivity contribution in [3.05, 3.63) is 35.3 Å². The Kier molecular flexibility index (Phi) is 6.63. The number of alkyl halides is 2. The number of hydrogen-bond acceptors (Lipinski definition) is 4. The van der Waals surface area contributed by atoms with Crippen molar-refractivity contribution in [2.24, 2.45) is 5.41 Å². The topological polar surface area (TPSA) is 60.2 Å². The van der Waals surface area contributed by atoms with Crippen molar-refractivity contribution in [2.75, 3.05) is 13.1 Å². The van der Waals surface area contributed by atoms with Gasteiger partial charge in [-0.2, -0.15) is 5.10 Å². The minimum Gasteiger partial charge on any atom is -0.444 e. The zero-order chi connectivity index (χ0) is 23.8. The number of carbonyl (C=O) groups excluding carboxylic acids is 1. The second-order valence-corrected chi connectivity index (χ2v) is 9.64. The Morgan fingerprint density at radius 2 is 1.84 bits per heavy atom. The van der Waals surface area contributed by atoms with Crippen molar-refractivity contribution in [2.45, 2.75) is 79.4 Å². The molecule has 6 nitrogen and oxygen atoms in total. The highest BCUT2D eigenvalue weighted by Crippen LogP contribution is 2.55. The second-order valence-electron chi connectivity index (χ2n) is 9.64. The van der Waals surface area contributed by atoms with Crippen LogP contribution in [0.3, 0.4) is 0 Å². The number of hydrogen-bond donors (Lipinski definition) is 0. The van der Waals surface area contributed by atoms with Crippen molar-refractivity contribution in [3.8, 4) is 11.3 Å². The average molecular weight is 449 g/mol. The number of nitrogens with zero attached hydrogens (tertiary/aromatic N) is 4. The summed E-state index contributed by atoms with van der Waals surface area (Å²) >= 11 is 0. The molecule has 0 unspecified atom stereocenters. The normalized spacial score (nSPS) is 17.5. The molecule has 8 heteroatoms. The fourth-order valence-electron chi connectivity index (χ4n) is 4.65. The highest BCUT2D eigenvalue weighted by Gasteiger charge is 2.55. The van der Waals surface area contributed by atoms with Gasteiger partial charge < -0.3 is 9.64 Å². The highest BCUT2D eigenvalue weighted by atomic mass is 19.3. The average Bonchev–Trinajstić information content (AvgIpc) is 2.97. The van der Waals surface area contributed by atoms with E-state index in [9.17, 15) is 13.6 Å². The van der Waals surface area contributed by atoms with Gasteiger partial charge >= 0.3 is 6.09 Å². The van der Waals surface area contributed by atoms with Crippen LogP contribution in [0.15, 0.2) is 18.3 Å². The predicted octanol–water partition coefficient (Wildman–Crippen LogP) is 6.10. The summed E-state index contributed by atoms with van der Waals surface area (Å²) in [4.78, 5) is 18.1. The molecular weight excluding hydrogens is 414 g/mol. The monoisotopic (exact) mass is 448 g/mol. The van der Waals surface area contributed by atoms with Crippen molar-refractivity contribution in [1.29, 1.82) is 0 Å². The Balaban J connectivity index is 0.00000141. The van der Waals surface area contributed by atoms with Crippen LogP contribution in [0.1, 0.15) is 76.9 Å². The van der Waals surface area contributed by atoms with Gasteiger partial charge in [-0.1, -0.05) is 13.8 Å². The van der Waals surface area contributed by atoms with Crippen LogP contribution >= 0.6 is 0 Å². The molecule has 176 valence electrons. The number of pyridine rings is 1. The van der Waals surface area contributed by atoms with Gasteiger partial charge in [-0.05, 0) is 59.6 Å². The molecule has 1 aliphatic heterocycles. The fraction of sp³-hybridized carbons (Fsp3) is 0.625. The van der Waals surface area contributed by atoms with E-state index in [0.29, 0.717) is 24.3 Å². The lowest BCUT2D eigenvalue weighted by atomic mass is 9.61. The van der Waals surface area contributed by atoms with Crippen LogP contribution in [0.4, 0.5) is 13.6 Å². The molecule has 0 atom stereocenters. The van der Waals surface area contributed by atoms with E-state index < -0.39 is 12.0 Å². The maximum Gasteiger partial charge on any atom is 0.410 e. The van der Waals surface area contributed by atoms with Gasteiger partial charge in [0.2, 0.25) is 0 Å². The third kappa shape index (κ3) is 4.50. The Labute approximate surface area is 189 Å². The SMILES string of the molecule is CC.Cc1ncccc1-c1nn(C2CC3(C2)CN(C(=O)OC(C)(C)C)C3)c(C(F)F)c1C. The first-order valence-corrected chi connectivity index (χ1v) is 11.3. The molecule has 32 heavy (non-hydrogen) atoms. The summed E-state index contributed by atoms with van der Waals surface area (Å²) in [6.07, 6.45) is 0.243. The van der Waals surface area contributed by atoms with E-state index in [-0.39, 0.29) is 23.2 Å². The van der Waals surface area contributed by atoms with Crippen molar-refractivity contribution in [3.63, 3.8) is 0 Å². The van der Waals surface area contributed by atoms with Gasteiger partial charge in [0.25, 0.3) is 6.43 Å². The first kappa shape index (κ1) is 24.1. The predicted molar refractivity (Wildman–Crippen MR) is 120 cm³/mol. The maximum absolute atomic E-state index is 13.9. The number of likely N-dealkylation sites (tertiary alicyclic amines) is 1. The molecule has 4 rings (SSSR count). The van der Waals surface area contributed by atoms with Gasteiger partial charge in [0.05, 0.1) is 11.7 Å². The summed E-state index contributed by atoms with van der Waals surface area (Å²) < 4.78 is 34.7. The van der Waals surface area contributed by atoms with Crippen molar-refractivity contribution >= 4 is 6.09 Å². The van der Waals surface area contributed by atoms with Crippen molar-refractivity contribution < 1.29 is 18.3 Å². The van der Waals surface area contributed by atoms with E-state index >= 15 is 0 Å². The third-order valence-corrected chi connectivity index (χ3v) is 6.05. The Bertz CT molecular complexity index is 967. The molecule has 1 spiro atoms. The smallest absolute Gasteiger partial charge is 0.410 e. The Hall–Kier alpha value is -2.51. The first-order chi connectivity index (χ1) is 15.0. The number of carbonyl (C=O) groups is 1. The number of ether oxygens (including phenoxy) is 1. The number of halogens is 2. The van der Waals surface area contributed by atoms with Gasteiger partial charge in [-0.15, -0.1) is 0 Å². The van der Waals surface area contributed by atoms with E-state index in [2.05, 4.69) is 10.1 Å². The van der Waals surface area contributed by atoms with Gasteiger partial charge in [-0.25, -0.2) is 13.6 Å². The summed E-state index contributed by atoms with van der Waals surface area (Å²) in [7, 11) is 0. The van der Waals surface area contributed by atoms with Gasteiger partial charge in [0.15, 0.2) is 0 Å². The molecule has 0 radical (unpaired) electrons. The number of rotatable bonds is 3. The van der Waals surface area contributed by atoms with Crippen LogP contribution in [0.5, 0.6) is 0 Å². The molecule has 2 aromatic rings. The van der Waals surface area contributed by atoms with Crippen LogP contribution in [-0.4, -0.2) is 44.4 Å². The highest BCUT2D eigenvalue weighted by molar-refractivity contribution is 5.69. The van der Waals surface area contributed by atoms with E-state index in [1.807, 2.05) is 47.6 Å². The van der Waals surface area contributed by atoms with Gasteiger partial charge in [0.1, 0.15) is 11.3 Å². The zero-order valence-electron chi connectivity index (χ0n) is 20.1. The molecule has 0 aromatic carbocycles. The van der Waals surface area contributed by atoms with Crippen molar-refractivity contribution in [1.82, 2.24) is 19.7 Å². The number of amides is 1. The van der Waals surface area contributed by atoms with E-state index in [0.717, 1.165) is 24.1 Å². The van der Waals surface area contributed by atoms with E-state index in [1.54, 1.807) is 24.1 Å². The largest absolute Gasteiger partial charge is 0.444 e. The maximum atomic E-state index is 13.9. The molecule has 0 N–H and O–H groups in total. The molecule has 2 fully saturated rings. The molecule has 1 saturated heterocycles. The quantitative estimate of drug-likeness (QED) is 0.569. The molecule has 0 bridgehead atoms. The lowest BCUT2D eigenvalue weighted by Crippen LogP contribution is -2.64. The van der Waals surface area contributed by atoms with Crippen LogP contribution in [0.2, 0.25) is 0 Å². The van der Waals surface area contributed by atoms with Crippen LogP contribution in [0, 0.1) is 19.3 Å². The molecule has 1 aliphatic carbocycles. The second kappa shape index (κ2) is 8.79. The summed E-state index contributed by atoms with van der Waals surface area (Å²) in [5.74, 6) is 0. The van der Waals surface area contributed by atoms with E-state index in [1.165, 1.54) is 4.68 Å². The number of aromatic nitrogens is 3. The molecule has 2 aromatic heterocycles. The van der Waals surface area contributed by atoms with Crippen LogP contribution < -0.4 is 0 Å². The molecule has 1 amide bonds. The number of aryl methyl sites for hydroxylation is 1. The molecular formula is C24H34F2N4O2. The molecule has 3 heterocycles. The standard InChI is InChI=1S/C22H28F2N4O2.C2H6/c1-13-17(16-7-6-8-25-14(16)2)26-28(18(13)19(23)24)15-9-22(10-15)11-27(12-22)20(29)30-21(3,4)5;1-2/h6-8,15,19H,9-12H2,1-5H3;1-2H3. The summed E-state index contributed by atoms with van der Waals surface area (Å²) in [5, 5.41) is 4.60. The zero-order valence-corrected chi connectivity index (χ0v) is 20.1. The van der Waals surface area contributed by atoms with Crippen LogP contribution in [-0.2, 0) is 4.74 Å². The Morgan fingerprint density at radius 3 is 2.38 bits per heavy atom. The first-order valence-electron chi connectivity index (χ1n) is 11.3. The summed E-state index contributed by atoms with van der Waals surface area (Å²) in [6, 6.07) is 3.57. The van der Waals surface area contributed by atoms with E-state index in [4.69, 9.17) is 4.74 Å². The van der Waals surface area contributed by atoms with Crippen LogP contribution in [0.25, 0.3) is 11.3 Å². The van der Waals surface area contributed by atoms with Gasteiger partial charge in [0, 0.05) is 41.5 Å². The third-order valence-electron chi connectivity index (χ3n) is 6.05. The van der Waals surface area contributed by atoms with Gasteiger partial charge in [-0.3, -0.25) is 9.67 Å². The fourth-order valence-corrected chi connectivity index (χ4v) is 4.65. The summed E-state index contributed by atoms with van der Waals surface area (Å²) in [6.45, 7) is 14.3. The summed E-state index contributed by atoms with van der Waals surface area (Å²) in [5.41, 5.74) is 2.07. The lowest BCUT2D eigenvalue weighted by molar-refractivity contribution is -0.0942. The minimum atomic E-state index is -2.60. The molecule has 2 aliphatic rings. The Morgan fingerprint density at radius 1 is 1.22 bits per heavy atom.